The lowest BCUT2D eigenvalue weighted by molar-refractivity contribution is 0.0702. The maximum absolute atomic E-state index is 12.5. The number of likely N-dealkylation sites (tertiary alicyclic amines) is 1. The summed E-state index contributed by atoms with van der Waals surface area (Å²) < 4.78 is 11.4. The van der Waals surface area contributed by atoms with Crippen molar-refractivity contribution in [3.05, 3.63) is 53.9 Å². The van der Waals surface area contributed by atoms with E-state index in [4.69, 9.17) is 9.47 Å². The quantitative estimate of drug-likeness (QED) is 0.862. The smallest absolute Gasteiger partial charge is 0.255 e. The first-order chi connectivity index (χ1) is 13.7. The zero-order valence-electron chi connectivity index (χ0n) is 16.3. The Balaban J connectivity index is 1.24. The van der Waals surface area contributed by atoms with Crippen molar-refractivity contribution in [3.8, 4) is 11.5 Å². The van der Waals surface area contributed by atoms with Gasteiger partial charge in [0.05, 0.1) is 19.3 Å². The van der Waals surface area contributed by atoms with Gasteiger partial charge in [0.1, 0.15) is 0 Å². The number of aromatic nitrogens is 1. The zero-order chi connectivity index (χ0) is 19.3. The minimum absolute atomic E-state index is 0.0813. The number of carbonyl (C=O) groups is 1. The van der Waals surface area contributed by atoms with Crippen LogP contribution in [0.1, 0.15) is 28.8 Å². The molecule has 0 bridgehead atoms. The van der Waals surface area contributed by atoms with E-state index in [2.05, 4.69) is 16.4 Å². The molecule has 28 heavy (non-hydrogen) atoms. The molecule has 0 unspecified atom stereocenters. The van der Waals surface area contributed by atoms with Gasteiger partial charge in [-0.05, 0) is 43.0 Å². The lowest BCUT2D eigenvalue weighted by Gasteiger charge is -2.34. The van der Waals surface area contributed by atoms with Gasteiger partial charge < -0.3 is 19.7 Å². The van der Waals surface area contributed by atoms with E-state index in [-0.39, 0.29) is 5.91 Å². The van der Waals surface area contributed by atoms with Crippen LogP contribution in [0.3, 0.4) is 0 Å². The number of nitrogens with zero attached hydrogens (tertiary/aromatic N) is 2. The Morgan fingerprint density at radius 3 is 2.89 bits per heavy atom. The molecule has 6 heteroatoms. The van der Waals surface area contributed by atoms with Crippen LogP contribution in [0.25, 0.3) is 0 Å². The summed E-state index contributed by atoms with van der Waals surface area (Å²) in [5, 5.41) is 3.69. The predicted molar refractivity (Wildman–Crippen MR) is 107 cm³/mol. The maximum Gasteiger partial charge on any atom is 0.255 e. The van der Waals surface area contributed by atoms with E-state index in [1.54, 1.807) is 19.5 Å². The van der Waals surface area contributed by atoms with Gasteiger partial charge in [0.25, 0.3) is 5.91 Å². The molecule has 3 heterocycles. The highest BCUT2D eigenvalue weighted by atomic mass is 16.5. The van der Waals surface area contributed by atoms with Crippen LogP contribution in [-0.2, 0) is 6.42 Å². The molecular weight excluding hydrogens is 354 g/mol. The van der Waals surface area contributed by atoms with Gasteiger partial charge in [-0.2, -0.15) is 0 Å². The van der Waals surface area contributed by atoms with E-state index < -0.39 is 0 Å². The number of nitrogens with one attached hydrogen (secondary N) is 1. The molecule has 148 valence electrons. The van der Waals surface area contributed by atoms with E-state index in [0.717, 1.165) is 50.4 Å². The summed E-state index contributed by atoms with van der Waals surface area (Å²) in [6.45, 7) is 3.20. The molecule has 2 aliphatic rings. The lowest BCUT2D eigenvalue weighted by atomic mass is 9.95. The molecule has 1 saturated heterocycles. The van der Waals surface area contributed by atoms with Gasteiger partial charge >= 0.3 is 0 Å². The first-order valence-electron chi connectivity index (χ1n) is 9.96. The fourth-order valence-electron chi connectivity index (χ4n) is 4.04. The highest BCUT2D eigenvalue weighted by Crippen LogP contribution is 2.35. The summed E-state index contributed by atoms with van der Waals surface area (Å²) in [5.74, 6) is 2.24. The molecule has 1 amide bonds. The molecule has 1 atom stereocenters. The third-order valence-corrected chi connectivity index (χ3v) is 5.64. The second kappa shape index (κ2) is 8.61. The minimum Gasteiger partial charge on any atom is -0.493 e. The van der Waals surface area contributed by atoms with Crippen LogP contribution in [0.15, 0.2) is 42.7 Å². The van der Waals surface area contributed by atoms with Crippen LogP contribution in [0.5, 0.6) is 11.5 Å². The van der Waals surface area contributed by atoms with Crippen molar-refractivity contribution in [1.29, 1.82) is 0 Å². The molecule has 0 aliphatic carbocycles. The third kappa shape index (κ3) is 4.12. The summed E-state index contributed by atoms with van der Waals surface area (Å²) in [6, 6.07) is 10.2. The summed E-state index contributed by atoms with van der Waals surface area (Å²) in [4.78, 5) is 18.5. The fraction of sp³-hybridized carbons (Fsp3) is 0.455. The number of rotatable bonds is 5. The second-order valence-corrected chi connectivity index (χ2v) is 7.55. The second-order valence-electron chi connectivity index (χ2n) is 7.55. The van der Waals surface area contributed by atoms with Crippen molar-refractivity contribution in [1.82, 2.24) is 15.2 Å². The summed E-state index contributed by atoms with van der Waals surface area (Å²) in [6.07, 6.45) is 6.28. The number of pyridine rings is 1. The lowest BCUT2D eigenvalue weighted by Crippen LogP contribution is -2.46. The Bertz CT molecular complexity index is 804. The van der Waals surface area contributed by atoms with Crippen LogP contribution in [0, 0.1) is 5.92 Å². The normalized spacial score (nSPS) is 19.6. The van der Waals surface area contributed by atoms with Gasteiger partial charge in [-0.1, -0.05) is 12.1 Å². The number of piperidine rings is 1. The average molecular weight is 381 g/mol. The Hall–Kier alpha value is -2.60. The van der Waals surface area contributed by atoms with E-state index in [1.807, 2.05) is 29.2 Å². The highest BCUT2D eigenvalue weighted by molar-refractivity contribution is 5.93. The largest absolute Gasteiger partial charge is 0.493 e. The maximum atomic E-state index is 12.5. The SMILES string of the molecule is COc1cccc2c1OC[C@@H](CNC1CCN(C(=O)c3cccnc3)CC1)C2. The summed E-state index contributed by atoms with van der Waals surface area (Å²) in [5.41, 5.74) is 1.89. The average Bonchev–Trinajstić information content (AvgIpc) is 2.77. The number of ether oxygens (including phenoxy) is 2. The van der Waals surface area contributed by atoms with Crippen molar-refractivity contribution >= 4 is 5.91 Å². The van der Waals surface area contributed by atoms with Crippen LogP contribution < -0.4 is 14.8 Å². The topological polar surface area (TPSA) is 63.7 Å². The summed E-state index contributed by atoms with van der Waals surface area (Å²) in [7, 11) is 1.68. The fourth-order valence-corrected chi connectivity index (χ4v) is 4.04. The first-order valence-corrected chi connectivity index (χ1v) is 9.96. The van der Waals surface area contributed by atoms with E-state index in [0.29, 0.717) is 24.1 Å². The number of benzene rings is 1. The number of amides is 1. The molecule has 6 nitrogen and oxygen atoms in total. The van der Waals surface area contributed by atoms with Crippen molar-refractivity contribution in [2.45, 2.75) is 25.3 Å². The number of fused-ring (bicyclic) bond motifs is 1. The van der Waals surface area contributed by atoms with E-state index >= 15 is 0 Å². The molecule has 4 rings (SSSR count). The number of hydrogen-bond acceptors (Lipinski definition) is 5. The molecule has 0 saturated carbocycles. The molecule has 1 fully saturated rings. The van der Waals surface area contributed by atoms with Crippen LogP contribution in [0.2, 0.25) is 0 Å². The van der Waals surface area contributed by atoms with Crippen molar-refractivity contribution in [2.24, 2.45) is 5.92 Å². The van der Waals surface area contributed by atoms with Gasteiger partial charge in [-0.15, -0.1) is 0 Å². The first kappa shape index (κ1) is 18.7. The Morgan fingerprint density at radius 2 is 2.14 bits per heavy atom. The molecule has 1 N–H and O–H groups in total. The number of carbonyl (C=O) groups excluding carboxylic acids is 1. The Kier molecular flexibility index (Phi) is 5.76. The van der Waals surface area contributed by atoms with Crippen molar-refractivity contribution < 1.29 is 14.3 Å². The van der Waals surface area contributed by atoms with E-state index in [9.17, 15) is 4.79 Å². The van der Waals surface area contributed by atoms with Gasteiger partial charge in [0.2, 0.25) is 0 Å². The van der Waals surface area contributed by atoms with Crippen LogP contribution in [0.4, 0.5) is 0 Å². The van der Waals surface area contributed by atoms with Gasteiger partial charge in [-0.25, -0.2) is 0 Å². The molecule has 2 aliphatic heterocycles. The van der Waals surface area contributed by atoms with E-state index in [1.165, 1.54) is 5.56 Å². The highest BCUT2D eigenvalue weighted by Gasteiger charge is 2.26. The Labute approximate surface area is 165 Å². The molecule has 1 aromatic heterocycles. The monoisotopic (exact) mass is 381 g/mol. The van der Waals surface area contributed by atoms with Gasteiger partial charge in [0.15, 0.2) is 11.5 Å². The van der Waals surface area contributed by atoms with Gasteiger partial charge in [-0.3, -0.25) is 9.78 Å². The zero-order valence-corrected chi connectivity index (χ0v) is 16.3. The molecule has 2 aromatic rings. The Morgan fingerprint density at radius 1 is 1.29 bits per heavy atom. The molecular formula is C22H27N3O3. The molecule has 0 radical (unpaired) electrons. The number of methoxy groups -OCH3 is 1. The van der Waals surface area contributed by atoms with Crippen LogP contribution in [-0.4, -0.2) is 55.2 Å². The minimum atomic E-state index is 0.0813. The van der Waals surface area contributed by atoms with Crippen molar-refractivity contribution in [2.75, 3.05) is 33.4 Å². The standard InChI is InChI=1S/C22H27N3O3/c1-27-20-6-2-4-17-12-16(15-28-21(17)20)13-24-19-7-10-25(11-8-19)22(26)18-5-3-9-23-14-18/h2-6,9,14,16,19,24H,7-8,10-13,15H2,1H3/t16-/m1/s1. The molecule has 0 spiro atoms. The van der Waals surface area contributed by atoms with Crippen LogP contribution >= 0.6 is 0 Å². The summed E-state index contributed by atoms with van der Waals surface area (Å²) >= 11 is 0. The number of para-hydroxylation sites is 1. The third-order valence-electron chi connectivity index (χ3n) is 5.64. The number of hydrogen-bond donors (Lipinski definition) is 1. The van der Waals surface area contributed by atoms with Gasteiger partial charge in [0, 0.05) is 44.0 Å². The predicted octanol–water partition coefficient (Wildman–Crippen LogP) is 2.54. The molecule has 1 aromatic carbocycles. The van der Waals surface area contributed by atoms with Crippen molar-refractivity contribution in [3.63, 3.8) is 0 Å².